The summed E-state index contributed by atoms with van der Waals surface area (Å²) in [6, 6.07) is 10.9. The Morgan fingerprint density at radius 1 is 1.09 bits per heavy atom. The maximum Gasteiger partial charge on any atom is 0.265 e. The third-order valence-corrected chi connectivity index (χ3v) is 7.93. The van der Waals surface area contributed by atoms with Crippen molar-refractivity contribution in [2.75, 3.05) is 31.5 Å². The lowest BCUT2D eigenvalue weighted by molar-refractivity contribution is -0.131. The molecule has 8 nitrogen and oxygen atoms in total. The molecule has 2 aliphatic heterocycles. The Balaban J connectivity index is 1.45. The molecule has 0 bridgehead atoms. The average molecular weight is 458 g/mol. The van der Waals surface area contributed by atoms with Crippen molar-refractivity contribution in [2.45, 2.75) is 38.2 Å². The molecule has 1 saturated heterocycles. The zero-order valence-electron chi connectivity index (χ0n) is 18.4. The highest BCUT2D eigenvalue weighted by molar-refractivity contribution is 7.89. The number of anilines is 1. The molecule has 0 saturated carbocycles. The van der Waals surface area contributed by atoms with Crippen molar-refractivity contribution in [3.05, 3.63) is 53.1 Å². The van der Waals surface area contributed by atoms with Gasteiger partial charge >= 0.3 is 0 Å². The number of carbonyl (C=O) groups excluding carboxylic acids is 2. The average Bonchev–Trinajstić information content (AvgIpc) is 2.76. The molecule has 0 spiro atoms. The zero-order valence-corrected chi connectivity index (χ0v) is 19.2. The molecule has 1 atom stereocenters. The van der Waals surface area contributed by atoms with Crippen molar-refractivity contribution in [2.24, 2.45) is 0 Å². The first-order valence-electron chi connectivity index (χ1n) is 10.6. The SMILES string of the molecule is Cc1ccc(CC(=O)N2CCN(S(=O)(=O)c3cc4c(cc3C)NC(=O)C(C)O4)CC2)cc1. The van der Waals surface area contributed by atoms with Crippen molar-refractivity contribution < 1.29 is 22.7 Å². The Kier molecular flexibility index (Phi) is 5.96. The molecule has 0 aliphatic carbocycles. The van der Waals surface area contributed by atoms with Crippen molar-refractivity contribution in [3.8, 4) is 5.75 Å². The van der Waals surface area contributed by atoms with Gasteiger partial charge in [-0.15, -0.1) is 0 Å². The van der Waals surface area contributed by atoms with Crippen LogP contribution in [0, 0.1) is 13.8 Å². The number of rotatable bonds is 4. The lowest BCUT2D eigenvalue weighted by Gasteiger charge is -2.34. The van der Waals surface area contributed by atoms with Gasteiger partial charge in [0.2, 0.25) is 15.9 Å². The number of ether oxygens (including phenoxy) is 1. The summed E-state index contributed by atoms with van der Waals surface area (Å²) in [5.74, 6) is 0.0705. The highest BCUT2D eigenvalue weighted by Crippen LogP contribution is 2.35. The summed E-state index contributed by atoms with van der Waals surface area (Å²) in [4.78, 5) is 26.3. The minimum Gasteiger partial charge on any atom is -0.479 e. The smallest absolute Gasteiger partial charge is 0.265 e. The number of nitrogens with one attached hydrogen (secondary N) is 1. The normalized spacial score (nSPS) is 19.2. The quantitative estimate of drug-likeness (QED) is 0.759. The van der Waals surface area contributed by atoms with E-state index in [9.17, 15) is 18.0 Å². The van der Waals surface area contributed by atoms with Crippen LogP contribution in [-0.2, 0) is 26.0 Å². The van der Waals surface area contributed by atoms with Crippen LogP contribution in [0.1, 0.15) is 23.6 Å². The number of carbonyl (C=O) groups is 2. The molecule has 2 amide bonds. The molecule has 4 rings (SSSR count). The van der Waals surface area contributed by atoms with Crippen LogP contribution in [-0.4, -0.2) is 61.7 Å². The standard InChI is InChI=1S/C23H27N3O5S/c1-15-4-6-18(7-5-15)13-22(27)25-8-10-26(11-9-25)32(29,30)21-14-20-19(12-16(21)2)24-23(28)17(3)31-20/h4-7,12,14,17H,8-11,13H2,1-3H3,(H,24,28). The highest BCUT2D eigenvalue weighted by Gasteiger charge is 2.33. The Hall–Kier alpha value is -2.91. The lowest BCUT2D eigenvalue weighted by Crippen LogP contribution is -2.51. The monoisotopic (exact) mass is 457 g/mol. The number of nitrogens with zero attached hydrogens (tertiary/aromatic N) is 2. The first-order chi connectivity index (χ1) is 15.1. The van der Waals surface area contributed by atoms with Crippen LogP contribution in [0.4, 0.5) is 5.69 Å². The van der Waals surface area contributed by atoms with Crippen molar-refractivity contribution in [1.29, 1.82) is 0 Å². The molecule has 32 heavy (non-hydrogen) atoms. The van der Waals surface area contributed by atoms with E-state index in [1.165, 1.54) is 10.4 Å². The number of amides is 2. The second kappa shape index (κ2) is 8.55. The molecule has 0 aromatic heterocycles. The van der Waals surface area contributed by atoms with Gasteiger partial charge in [-0.3, -0.25) is 9.59 Å². The Bertz CT molecular complexity index is 1150. The number of piperazine rings is 1. The summed E-state index contributed by atoms with van der Waals surface area (Å²) in [5.41, 5.74) is 3.08. The summed E-state index contributed by atoms with van der Waals surface area (Å²) >= 11 is 0. The largest absolute Gasteiger partial charge is 0.479 e. The second-order valence-corrected chi connectivity index (χ2v) is 10.2. The Morgan fingerprint density at radius 3 is 2.41 bits per heavy atom. The Labute approximate surface area is 188 Å². The first-order valence-corrected chi connectivity index (χ1v) is 12.0. The summed E-state index contributed by atoms with van der Waals surface area (Å²) in [5, 5.41) is 2.73. The molecule has 2 heterocycles. The molecular weight excluding hydrogens is 430 g/mol. The van der Waals surface area contributed by atoms with Gasteiger partial charge < -0.3 is 15.0 Å². The van der Waals surface area contributed by atoms with Crippen LogP contribution in [0.15, 0.2) is 41.3 Å². The molecule has 170 valence electrons. The Morgan fingerprint density at radius 2 is 1.75 bits per heavy atom. The van der Waals surface area contributed by atoms with Gasteiger partial charge in [0.25, 0.3) is 5.91 Å². The molecule has 9 heteroatoms. The van der Waals surface area contributed by atoms with Gasteiger partial charge in [0.05, 0.1) is 17.0 Å². The van der Waals surface area contributed by atoms with Gasteiger partial charge in [-0.05, 0) is 38.0 Å². The van der Waals surface area contributed by atoms with E-state index in [-0.39, 0.29) is 29.8 Å². The van der Waals surface area contributed by atoms with Crippen LogP contribution in [0.2, 0.25) is 0 Å². The lowest BCUT2D eigenvalue weighted by atomic mass is 10.1. The van der Waals surface area contributed by atoms with E-state index < -0.39 is 16.1 Å². The predicted octanol–water partition coefficient (Wildman–Crippen LogP) is 2.10. The van der Waals surface area contributed by atoms with Gasteiger partial charge in [0.15, 0.2) is 6.10 Å². The molecule has 2 aromatic rings. The highest BCUT2D eigenvalue weighted by atomic mass is 32.2. The number of fused-ring (bicyclic) bond motifs is 1. The number of benzene rings is 2. The van der Waals surface area contributed by atoms with Crippen LogP contribution >= 0.6 is 0 Å². The summed E-state index contributed by atoms with van der Waals surface area (Å²) in [6.07, 6.45) is -0.387. The van der Waals surface area contributed by atoms with E-state index >= 15 is 0 Å². The third kappa shape index (κ3) is 4.35. The number of sulfonamides is 1. The van der Waals surface area contributed by atoms with E-state index in [2.05, 4.69) is 5.32 Å². The van der Waals surface area contributed by atoms with Crippen LogP contribution in [0.3, 0.4) is 0 Å². The second-order valence-electron chi connectivity index (χ2n) is 8.31. The number of aryl methyl sites for hydroxylation is 2. The van der Waals surface area contributed by atoms with Gasteiger partial charge in [-0.2, -0.15) is 4.31 Å². The van der Waals surface area contributed by atoms with Crippen molar-refractivity contribution in [3.63, 3.8) is 0 Å². The van der Waals surface area contributed by atoms with Gasteiger partial charge in [0.1, 0.15) is 5.75 Å². The zero-order chi connectivity index (χ0) is 23.0. The van der Waals surface area contributed by atoms with E-state index in [1.54, 1.807) is 24.8 Å². The predicted molar refractivity (Wildman–Crippen MR) is 120 cm³/mol. The molecule has 2 aliphatic rings. The number of hydrogen-bond donors (Lipinski definition) is 1. The fourth-order valence-electron chi connectivity index (χ4n) is 3.93. The van der Waals surface area contributed by atoms with Crippen LogP contribution < -0.4 is 10.1 Å². The van der Waals surface area contributed by atoms with E-state index in [0.717, 1.165) is 11.1 Å². The van der Waals surface area contributed by atoms with E-state index in [0.29, 0.717) is 36.5 Å². The molecule has 1 fully saturated rings. The van der Waals surface area contributed by atoms with Crippen molar-refractivity contribution in [1.82, 2.24) is 9.21 Å². The summed E-state index contributed by atoms with van der Waals surface area (Å²) in [7, 11) is -3.77. The summed E-state index contributed by atoms with van der Waals surface area (Å²) < 4.78 is 33.6. The molecule has 1 unspecified atom stereocenters. The maximum atomic E-state index is 13.3. The topological polar surface area (TPSA) is 96.0 Å². The van der Waals surface area contributed by atoms with Crippen LogP contribution in [0.5, 0.6) is 5.75 Å². The molecular formula is C23H27N3O5S. The van der Waals surface area contributed by atoms with Gasteiger partial charge in [-0.1, -0.05) is 29.8 Å². The van der Waals surface area contributed by atoms with E-state index in [1.807, 2.05) is 31.2 Å². The minimum absolute atomic E-state index is 0.00556. The minimum atomic E-state index is -3.77. The van der Waals surface area contributed by atoms with Crippen molar-refractivity contribution >= 4 is 27.5 Å². The first kappa shape index (κ1) is 22.3. The fraction of sp³-hybridized carbons (Fsp3) is 0.391. The molecule has 0 radical (unpaired) electrons. The molecule has 2 aromatic carbocycles. The van der Waals surface area contributed by atoms with E-state index in [4.69, 9.17) is 4.74 Å². The third-order valence-electron chi connectivity index (χ3n) is 5.89. The maximum absolute atomic E-state index is 13.3. The number of hydrogen-bond acceptors (Lipinski definition) is 5. The van der Waals surface area contributed by atoms with Crippen LogP contribution in [0.25, 0.3) is 0 Å². The van der Waals surface area contributed by atoms with Gasteiger partial charge in [0, 0.05) is 32.2 Å². The van der Waals surface area contributed by atoms with Gasteiger partial charge in [-0.25, -0.2) is 8.42 Å². The molecule has 1 N–H and O–H groups in total. The summed E-state index contributed by atoms with van der Waals surface area (Å²) in [6.45, 7) is 6.45. The fourth-order valence-corrected chi connectivity index (χ4v) is 5.57.